The van der Waals surface area contributed by atoms with Gasteiger partial charge in [0.25, 0.3) is 5.91 Å². The van der Waals surface area contributed by atoms with Gasteiger partial charge >= 0.3 is 0 Å². The number of nitrogens with two attached hydrogens (primary N) is 1. The molecule has 0 spiro atoms. The van der Waals surface area contributed by atoms with E-state index in [1.54, 1.807) is 18.2 Å². The summed E-state index contributed by atoms with van der Waals surface area (Å²) >= 11 is 0. The summed E-state index contributed by atoms with van der Waals surface area (Å²) in [6, 6.07) is 14.4. The molecule has 148 valence electrons. The predicted octanol–water partition coefficient (Wildman–Crippen LogP) is 1.05. The second kappa shape index (κ2) is 9.34. The van der Waals surface area contributed by atoms with Crippen molar-refractivity contribution in [3.8, 4) is 5.75 Å². The Kier molecular flexibility index (Phi) is 6.62. The Morgan fingerprint density at radius 3 is 2.68 bits per heavy atom. The van der Waals surface area contributed by atoms with E-state index in [-0.39, 0.29) is 18.6 Å². The first-order valence-electron chi connectivity index (χ1n) is 9.28. The van der Waals surface area contributed by atoms with E-state index in [1.807, 2.05) is 24.3 Å². The molecule has 0 aliphatic carbocycles. The number of nitrogens with one attached hydrogen (secondary N) is 1. The number of β-amino-alcohol motifs (C(OH)–C–C–N with tert-alkyl or cyclic N) is 1. The summed E-state index contributed by atoms with van der Waals surface area (Å²) in [5, 5.41) is 12.5. The molecule has 1 fully saturated rings. The van der Waals surface area contributed by atoms with Crippen LogP contribution in [0.2, 0.25) is 0 Å². The van der Waals surface area contributed by atoms with E-state index in [0.717, 1.165) is 30.6 Å². The third-order valence-electron chi connectivity index (χ3n) is 4.72. The molecule has 0 bridgehead atoms. The number of carbonyl (C=O) groups is 2. The highest BCUT2D eigenvalue weighted by molar-refractivity contribution is 5.93. The number of aliphatic hydroxyl groups excluding tert-OH is 1. The number of rotatable bonds is 8. The van der Waals surface area contributed by atoms with Crippen molar-refractivity contribution in [1.82, 2.24) is 10.2 Å². The van der Waals surface area contributed by atoms with Gasteiger partial charge in [0.1, 0.15) is 5.75 Å². The Labute approximate surface area is 164 Å². The normalized spacial score (nSPS) is 16.7. The van der Waals surface area contributed by atoms with Crippen molar-refractivity contribution in [3.05, 3.63) is 65.2 Å². The number of ether oxygens (including phenoxy) is 1. The molecule has 1 atom stereocenters. The van der Waals surface area contributed by atoms with Crippen molar-refractivity contribution in [1.29, 1.82) is 0 Å². The molecule has 0 radical (unpaired) electrons. The number of nitrogens with zero attached hydrogens (tertiary/aromatic N) is 1. The van der Waals surface area contributed by atoms with Crippen molar-refractivity contribution < 1.29 is 19.4 Å². The van der Waals surface area contributed by atoms with Gasteiger partial charge in [0.15, 0.2) is 6.61 Å². The summed E-state index contributed by atoms with van der Waals surface area (Å²) in [5.41, 5.74) is 7.74. The van der Waals surface area contributed by atoms with E-state index < -0.39 is 5.91 Å². The number of likely N-dealkylation sites (tertiary alicyclic amines) is 1. The van der Waals surface area contributed by atoms with Gasteiger partial charge in [-0.15, -0.1) is 0 Å². The number of amides is 2. The Hall–Kier alpha value is -2.90. The Morgan fingerprint density at radius 2 is 1.96 bits per heavy atom. The maximum Gasteiger partial charge on any atom is 0.258 e. The van der Waals surface area contributed by atoms with Gasteiger partial charge in [0.05, 0.1) is 6.10 Å². The number of hydrogen-bond acceptors (Lipinski definition) is 5. The minimum Gasteiger partial charge on any atom is -0.484 e. The standard InChI is InChI=1S/C21H25N3O4/c22-21(27)15-6-3-7-19(10-15)28-14-20(26)23-11-16-4-1-2-5-17(16)12-24-9-8-18(25)13-24/h1-7,10,18,25H,8-9,11-14H2,(H2,22,27)(H,23,26)/t18-/m1/s1. The molecular formula is C21H25N3O4. The maximum absolute atomic E-state index is 12.1. The van der Waals surface area contributed by atoms with Crippen molar-refractivity contribution in [3.63, 3.8) is 0 Å². The van der Waals surface area contributed by atoms with Crippen LogP contribution in [0.5, 0.6) is 5.75 Å². The van der Waals surface area contributed by atoms with E-state index in [9.17, 15) is 14.7 Å². The molecule has 0 unspecified atom stereocenters. The van der Waals surface area contributed by atoms with Gasteiger partial charge in [0, 0.05) is 31.7 Å². The van der Waals surface area contributed by atoms with Crippen LogP contribution in [0.15, 0.2) is 48.5 Å². The molecule has 1 aliphatic rings. The number of benzene rings is 2. The topological polar surface area (TPSA) is 105 Å². The average Bonchev–Trinajstić information content (AvgIpc) is 3.10. The van der Waals surface area contributed by atoms with Crippen LogP contribution in [0.25, 0.3) is 0 Å². The van der Waals surface area contributed by atoms with E-state index in [2.05, 4.69) is 10.2 Å². The zero-order valence-electron chi connectivity index (χ0n) is 15.6. The summed E-state index contributed by atoms with van der Waals surface area (Å²) in [6.45, 7) is 2.55. The number of carbonyl (C=O) groups excluding carboxylic acids is 2. The molecule has 28 heavy (non-hydrogen) atoms. The van der Waals surface area contributed by atoms with Crippen LogP contribution in [0.1, 0.15) is 27.9 Å². The summed E-state index contributed by atoms with van der Waals surface area (Å²) in [7, 11) is 0. The summed E-state index contributed by atoms with van der Waals surface area (Å²) < 4.78 is 5.44. The Bertz CT molecular complexity index is 840. The van der Waals surface area contributed by atoms with Crippen LogP contribution >= 0.6 is 0 Å². The zero-order valence-corrected chi connectivity index (χ0v) is 15.6. The van der Waals surface area contributed by atoms with Crippen LogP contribution in [-0.4, -0.2) is 47.6 Å². The van der Waals surface area contributed by atoms with E-state index in [0.29, 0.717) is 24.4 Å². The number of primary amides is 1. The Morgan fingerprint density at radius 1 is 1.18 bits per heavy atom. The number of aliphatic hydroxyl groups is 1. The van der Waals surface area contributed by atoms with Gasteiger partial charge in [-0.25, -0.2) is 0 Å². The van der Waals surface area contributed by atoms with Gasteiger partial charge < -0.3 is 20.9 Å². The molecule has 7 heteroatoms. The highest BCUT2D eigenvalue weighted by atomic mass is 16.5. The van der Waals surface area contributed by atoms with Crippen LogP contribution in [-0.2, 0) is 17.9 Å². The molecule has 2 aromatic carbocycles. The first-order valence-corrected chi connectivity index (χ1v) is 9.28. The van der Waals surface area contributed by atoms with Crippen molar-refractivity contribution in [2.24, 2.45) is 5.73 Å². The quantitative estimate of drug-likeness (QED) is 0.632. The lowest BCUT2D eigenvalue weighted by atomic mass is 10.1. The molecule has 7 nitrogen and oxygen atoms in total. The first-order chi connectivity index (χ1) is 13.5. The fourth-order valence-electron chi connectivity index (χ4n) is 3.21. The van der Waals surface area contributed by atoms with E-state index in [1.165, 1.54) is 6.07 Å². The molecule has 1 saturated heterocycles. The molecule has 1 heterocycles. The second-order valence-corrected chi connectivity index (χ2v) is 6.90. The van der Waals surface area contributed by atoms with Crippen molar-refractivity contribution >= 4 is 11.8 Å². The van der Waals surface area contributed by atoms with Crippen molar-refractivity contribution in [2.75, 3.05) is 19.7 Å². The van der Waals surface area contributed by atoms with Gasteiger partial charge in [0.2, 0.25) is 5.91 Å². The summed E-state index contributed by atoms with van der Waals surface area (Å²) in [5.74, 6) is -0.382. The SMILES string of the molecule is NC(=O)c1cccc(OCC(=O)NCc2ccccc2CN2CC[C@@H](O)C2)c1. The van der Waals surface area contributed by atoms with Gasteiger partial charge in [-0.05, 0) is 35.7 Å². The second-order valence-electron chi connectivity index (χ2n) is 6.90. The minimum atomic E-state index is -0.544. The van der Waals surface area contributed by atoms with E-state index in [4.69, 9.17) is 10.5 Å². The monoisotopic (exact) mass is 383 g/mol. The predicted molar refractivity (Wildman–Crippen MR) is 105 cm³/mol. The molecule has 1 aliphatic heterocycles. The van der Waals surface area contributed by atoms with Crippen LogP contribution in [0.4, 0.5) is 0 Å². The Balaban J connectivity index is 1.51. The highest BCUT2D eigenvalue weighted by Gasteiger charge is 2.20. The van der Waals surface area contributed by atoms with Crippen LogP contribution < -0.4 is 15.8 Å². The molecule has 0 saturated carbocycles. The van der Waals surface area contributed by atoms with Crippen molar-refractivity contribution in [2.45, 2.75) is 25.6 Å². The fourth-order valence-corrected chi connectivity index (χ4v) is 3.21. The van der Waals surface area contributed by atoms with Gasteiger partial charge in [-0.1, -0.05) is 30.3 Å². The van der Waals surface area contributed by atoms with Gasteiger partial charge in [-0.2, -0.15) is 0 Å². The average molecular weight is 383 g/mol. The molecule has 3 rings (SSSR count). The van der Waals surface area contributed by atoms with Crippen LogP contribution in [0, 0.1) is 0 Å². The summed E-state index contributed by atoms with van der Waals surface area (Å²) in [6.07, 6.45) is 0.546. The van der Waals surface area contributed by atoms with Crippen LogP contribution in [0.3, 0.4) is 0 Å². The lowest BCUT2D eigenvalue weighted by Gasteiger charge is -2.18. The third-order valence-corrected chi connectivity index (χ3v) is 4.72. The largest absolute Gasteiger partial charge is 0.484 e. The highest BCUT2D eigenvalue weighted by Crippen LogP contribution is 2.17. The zero-order chi connectivity index (χ0) is 19.9. The molecular weight excluding hydrogens is 358 g/mol. The molecule has 0 aromatic heterocycles. The fraction of sp³-hybridized carbons (Fsp3) is 0.333. The molecule has 2 aromatic rings. The number of hydrogen-bond donors (Lipinski definition) is 3. The lowest BCUT2D eigenvalue weighted by molar-refractivity contribution is -0.123. The minimum absolute atomic E-state index is 0.150. The third kappa shape index (κ3) is 5.55. The molecule has 4 N–H and O–H groups in total. The smallest absolute Gasteiger partial charge is 0.258 e. The maximum atomic E-state index is 12.1. The van der Waals surface area contributed by atoms with Gasteiger partial charge in [-0.3, -0.25) is 14.5 Å². The molecule has 2 amide bonds. The first kappa shape index (κ1) is 19.9. The van der Waals surface area contributed by atoms with E-state index >= 15 is 0 Å². The summed E-state index contributed by atoms with van der Waals surface area (Å²) in [4.78, 5) is 25.5. The lowest BCUT2D eigenvalue weighted by Crippen LogP contribution is -2.29.